The number of amides is 2. The highest BCUT2D eigenvalue weighted by molar-refractivity contribution is 5.89. The van der Waals surface area contributed by atoms with E-state index in [1.54, 1.807) is 0 Å². The van der Waals surface area contributed by atoms with Gasteiger partial charge < -0.3 is 21.3 Å². The summed E-state index contributed by atoms with van der Waals surface area (Å²) in [5.74, 6) is 1.77. The molecule has 0 spiro atoms. The predicted octanol–water partition coefficient (Wildman–Crippen LogP) is 2.59. The molecule has 0 unspecified atom stereocenters. The second kappa shape index (κ2) is 8.66. The Morgan fingerprint density at radius 2 is 1.75 bits per heavy atom. The molecule has 4 N–H and O–H groups in total. The summed E-state index contributed by atoms with van der Waals surface area (Å²) < 4.78 is 12.8. The van der Waals surface area contributed by atoms with Gasteiger partial charge in [0.15, 0.2) is 0 Å². The first-order valence-electron chi connectivity index (χ1n) is 7.70. The molecule has 24 heavy (non-hydrogen) atoms. The summed E-state index contributed by atoms with van der Waals surface area (Å²) in [5.41, 5.74) is 0.531. The van der Waals surface area contributed by atoms with E-state index >= 15 is 0 Å². The van der Waals surface area contributed by atoms with Gasteiger partial charge in [-0.25, -0.2) is 19.2 Å². The van der Waals surface area contributed by atoms with Crippen molar-refractivity contribution in [3.8, 4) is 0 Å². The lowest BCUT2D eigenvalue weighted by Crippen LogP contribution is -2.32. The molecule has 0 aliphatic carbocycles. The Labute approximate surface area is 140 Å². The van der Waals surface area contributed by atoms with E-state index in [0.29, 0.717) is 30.4 Å². The van der Waals surface area contributed by atoms with Crippen molar-refractivity contribution in [1.29, 1.82) is 0 Å². The van der Waals surface area contributed by atoms with E-state index in [9.17, 15) is 9.18 Å². The molecule has 0 saturated carbocycles. The van der Waals surface area contributed by atoms with Crippen molar-refractivity contribution < 1.29 is 9.18 Å². The predicted molar refractivity (Wildman–Crippen MR) is 92.8 cm³/mol. The van der Waals surface area contributed by atoms with Gasteiger partial charge in [0.1, 0.15) is 23.3 Å². The number of hydrogen-bond acceptors (Lipinski definition) is 5. The van der Waals surface area contributed by atoms with Crippen LogP contribution in [0.5, 0.6) is 0 Å². The number of halogens is 1. The molecule has 2 amide bonds. The summed E-state index contributed by atoms with van der Waals surface area (Å²) in [7, 11) is 0. The highest BCUT2D eigenvalue weighted by Gasteiger charge is 2.03. The monoisotopic (exact) mass is 332 g/mol. The van der Waals surface area contributed by atoms with Crippen LogP contribution in [-0.4, -0.2) is 35.6 Å². The molecule has 7 nitrogen and oxygen atoms in total. The molecule has 2 rings (SSSR count). The van der Waals surface area contributed by atoms with Gasteiger partial charge in [-0.05, 0) is 38.1 Å². The Bertz CT molecular complexity index is 677. The third-order valence-electron chi connectivity index (χ3n) is 3.01. The molecular formula is C16H21FN6O. The van der Waals surface area contributed by atoms with Crippen molar-refractivity contribution in [2.75, 3.05) is 35.6 Å². The molecule has 1 aromatic heterocycles. The van der Waals surface area contributed by atoms with Gasteiger partial charge >= 0.3 is 6.03 Å². The molecule has 0 radical (unpaired) electrons. The summed E-state index contributed by atoms with van der Waals surface area (Å²) in [6, 6.07) is 7.04. The number of hydrogen-bond donors (Lipinski definition) is 4. The first-order chi connectivity index (χ1) is 11.6. The second-order valence-electron chi connectivity index (χ2n) is 5.03. The van der Waals surface area contributed by atoms with Crippen molar-refractivity contribution in [3.63, 3.8) is 0 Å². The average Bonchev–Trinajstić information content (AvgIpc) is 2.54. The highest BCUT2D eigenvalue weighted by Crippen LogP contribution is 2.10. The maximum Gasteiger partial charge on any atom is 0.319 e. The van der Waals surface area contributed by atoms with Crippen LogP contribution in [0.2, 0.25) is 0 Å². The maximum atomic E-state index is 12.8. The number of rotatable bonds is 7. The smallest absolute Gasteiger partial charge is 0.319 e. The van der Waals surface area contributed by atoms with Gasteiger partial charge in [-0.2, -0.15) is 0 Å². The molecule has 1 aromatic carbocycles. The number of carbonyl (C=O) groups is 1. The third kappa shape index (κ3) is 5.71. The van der Waals surface area contributed by atoms with Crippen LogP contribution in [0.25, 0.3) is 0 Å². The Morgan fingerprint density at radius 1 is 1.08 bits per heavy atom. The lowest BCUT2D eigenvalue weighted by Gasteiger charge is -2.10. The summed E-state index contributed by atoms with van der Waals surface area (Å²) in [4.78, 5) is 20.3. The fraction of sp³-hybridized carbons (Fsp3) is 0.312. The third-order valence-corrected chi connectivity index (χ3v) is 3.01. The van der Waals surface area contributed by atoms with Gasteiger partial charge in [-0.1, -0.05) is 0 Å². The summed E-state index contributed by atoms with van der Waals surface area (Å²) in [6.45, 7) is 5.51. The van der Waals surface area contributed by atoms with E-state index in [4.69, 9.17) is 0 Å². The number of aryl methyl sites for hydroxylation is 1. The first-order valence-corrected chi connectivity index (χ1v) is 7.70. The lowest BCUT2D eigenvalue weighted by atomic mass is 10.3. The first kappa shape index (κ1) is 17.5. The molecule has 0 bridgehead atoms. The van der Waals surface area contributed by atoms with Gasteiger partial charge in [0.05, 0.1) is 0 Å². The van der Waals surface area contributed by atoms with E-state index in [2.05, 4.69) is 31.2 Å². The van der Waals surface area contributed by atoms with E-state index in [1.165, 1.54) is 24.3 Å². The van der Waals surface area contributed by atoms with Crippen LogP contribution in [0, 0.1) is 12.7 Å². The number of nitrogens with one attached hydrogen (secondary N) is 4. The number of benzene rings is 1. The molecule has 0 saturated heterocycles. The topological polar surface area (TPSA) is 91.0 Å². The van der Waals surface area contributed by atoms with Gasteiger partial charge in [-0.15, -0.1) is 0 Å². The molecule has 8 heteroatoms. The molecule has 128 valence electrons. The van der Waals surface area contributed by atoms with E-state index in [0.717, 1.165) is 12.4 Å². The zero-order valence-electron chi connectivity index (χ0n) is 13.7. The molecule has 0 fully saturated rings. The van der Waals surface area contributed by atoms with Crippen LogP contribution in [0.4, 0.5) is 26.5 Å². The van der Waals surface area contributed by atoms with Crippen LogP contribution < -0.4 is 21.3 Å². The van der Waals surface area contributed by atoms with E-state index in [-0.39, 0.29) is 11.8 Å². The van der Waals surface area contributed by atoms with Gasteiger partial charge in [-0.3, -0.25) is 0 Å². The minimum absolute atomic E-state index is 0.345. The number of anilines is 3. The minimum Gasteiger partial charge on any atom is -0.370 e. The fourth-order valence-electron chi connectivity index (χ4n) is 2.01. The molecule has 1 heterocycles. The van der Waals surface area contributed by atoms with Crippen molar-refractivity contribution >= 4 is 23.4 Å². The van der Waals surface area contributed by atoms with Gasteiger partial charge in [0.25, 0.3) is 0 Å². The van der Waals surface area contributed by atoms with Crippen molar-refractivity contribution in [2.45, 2.75) is 13.8 Å². The average molecular weight is 332 g/mol. The number of carbonyl (C=O) groups excluding carboxylic acids is 1. The van der Waals surface area contributed by atoms with Gasteiger partial charge in [0.2, 0.25) is 0 Å². The molecular weight excluding hydrogens is 311 g/mol. The summed E-state index contributed by atoms with van der Waals surface area (Å²) in [6.07, 6.45) is 0. The summed E-state index contributed by atoms with van der Waals surface area (Å²) in [5, 5.41) is 11.6. The molecule has 0 aliphatic heterocycles. The number of nitrogens with zero attached hydrogens (tertiary/aromatic N) is 2. The van der Waals surface area contributed by atoms with E-state index in [1.807, 2.05) is 19.9 Å². The quantitative estimate of drug-likeness (QED) is 0.585. The molecule has 0 atom stereocenters. The van der Waals surface area contributed by atoms with Crippen LogP contribution in [0.15, 0.2) is 30.3 Å². The van der Waals surface area contributed by atoms with Crippen LogP contribution >= 0.6 is 0 Å². The second-order valence-corrected chi connectivity index (χ2v) is 5.03. The molecule has 0 aliphatic rings. The summed E-state index contributed by atoms with van der Waals surface area (Å²) >= 11 is 0. The maximum absolute atomic E-state index is 12.8. The van der Waals surface area contributed by atoms with Crippen molar-refractivity contribution in [3.05, 3.63) is 42.0 Å². The number of aromatic nitrogens is 2. The fourth-order valence-corrected chi connectivity index (χ4v) is 2.01. The van der Waals surface area contributed by atoms with Crippen LogP contribution in [0.3, 0.4) is 0 Å². The lowest BCUT2D eigenvalue weighted by molar-refractivity contribution is 0.252. The van der Waals surface area contributed by atoms with Crippen molar-refractivity contribution in [2.24, 2.45) is 0 Å². The standard InChI is InChI=1S/C16H21FN6O/c1-3-18-14-10-15(22-11(2)21-14)19-8-9-20-16(24)23-13-6-4-12(17)5-7-13/h4-7,10H,3,8-9H2,1-2H3,(H2,20,23,24)(H2,18,19,21,22). The zero-order chi connectivity index (χ0) is 17.4. The Morgan fingerprint density at radius 3 is 2.42 bits per heavy atom. The van der Waals surface area contributed by atoms with Crippen LogP contribution in [-0.2, 0) is 0 Å². The highest BCUT2D eigenvalue weighted by atomic mass is 19.1. The van der Waals surface area contributed by atoms with E-state index < -0.39 is 0 Å². The van der Waals surface area contributed by atoms with Gasteiger partial charge in [0, 0.05) is 31.4 Å². The SMILES string of the molecule is CCNc1cc(NCCNC(=O)Nc2ccc(F)cc2)nc(C)n1. The van der Waals surface area contributed by atoms with Crippen LogP contribution in [0.1, 0.15) is 12.7 Å². The Hall–Kier alpha value is -2.90. The van der Waals surface area contributed by atoms with Crippen molar-refractivity contribution in [1.82, 2.24) is 15.3 Å². The minimum atomic E-state index is -0.351. The molecule has 2 aromatic rings. The Balaban J connectivity index is 1.74. The normalized spacial score (nSPS) is 10.1. The Kier molecular flexibility index (Phi) is 6.30. The number of urea groups is 1. The zero-order valence-corrected chi connectivity index (χ0v) is 13.7. The largest absolute Gasteiger partial charge is 0.370 e.